The third-order valence-electron chi connectivity index (χ3n) is 4.93. The Hall–Kier alpha value is -1.28. The van der Waals surface area contributed by atoms with Crippen LogP contribution in [0.2, 0.25) is 0 Å². The number of esters is 1. The second-order valence-electron chi connectivity index (χ2n) is 7.12. The predicted octanol–water partition coefficient (Wildman–Crippen LogP) is 0.226. The van der Waals surface area contributed by atoms with Crippen molar-refractivity contribution in [2.45, 2.75) is 62.6 Å². The van der Waals surface area contributed by atoms with Crippen molar-refractivity contribution in [2.75, 3.05) is 13.7 Å². The minimum atomic E-state index is -1.61. The van der Waals surface area contributed by atoms with E-state index in [-0.39, 0.29) is 49.2 Å². The maximum absolute atomic E-state index is 12.5. The van der Waals surface area contributed by atoms with Crippen molar-refractivity contribution in [3.05, 3.63) is 11.1 Å². The van der Waals surface area contributed by atoms with Gasteiger partial charge in [-0.3, -0.25) is 4.79 Å². The van der Waals surface area contributed by atoms with Crippen molar-refractivity contribution >= 4 is 11.8 Å². The first-order valence-corrected chi connectivity index (χ1v) is 7.72. The molecule has 23 heavy (non-hydrogen) atoms. The quantitative estimate of drug-likeness (QED) is 0.700. The predicted molar refractivity (Wildman–Crippen MR) is 77.3 cm³/mol. The minimum absolute atomic E-state index is 0.0247. The molecule has 0 aliphatic carbocycles. The molecule has 0 aromatic rings. The zero-order valence-electron chi connectivity index (χ0n) is 13.5. The van der Waals surface area contributed by atoms with Crippen molar-refractivity contribution in [3.63, 3.8) is 0 Å². The SMILES string of the molecule is COCC1=C2[C@H](O)C[C@@]3(C)O[C@@]2(C[C@@](C)(O)CCC3=O)OC1=O. The number of ketones is 1. The van der Waals surface area contributed by atoms with Gasteiger partial charge in [0.25, 0.3) is 0 Å². The van der Waals surface area contributed by atoms with Crippen molar-refractivity contribution in [1.82, 2.24) is 0 Å². The lowest BCUT2D eigenvalue weighted by molar-refractivity contribution is -0.283. The van der Waals surface area contributed by atoms with E-state index in [0.717, 1.165) is 0 Å². The van der Waals surface area contributed by atoms with Crippen LogP contribution in [0.1, 0.15) is 39.5 Å². The van der Waals surface area contributed by atoms with Crippen LogP contribution < -0.4 is 0 Å². The Balaban J connectivity index is 2.15. The number of carbonyl (C=O) groups is 2. The molecule has 3 aliphatic rings. The molecule has 0 saturated carbocycles. The van der Waals surface area contributed by atoms with Crippen LogP contribution in [0, 0.1) is 0 Å². The molecule has 2 bridgehead atoms. The molecule has 0 unspecified atom stereocenters. The molecule has 2 saturated heterocycles. The number of hydrogen-bond acceptors (Lipinski definition) is 7. The van der Waals surface area contributed by atoms with E-state index in [2.05, 4.69) is 0 Å². The molecule has 0 amide bonds. The summed E-state index contributed by atoms with van der Waals surface area (Å²) in [6, 6.07) is 0. The van der Waals surface area contributed by atoms with Crippen LogP contribution in [0.15, 0.2) is 11.1 Å². The highest BCUT2D eigenvalue weighted by molar-refractivity contribution is 5.94. The molecular formula is C16H22O7. The number of aliphatic hydroxyl groups is 2. The highest BCUT2D eigenvalue weighted by Crippen LogP contribution is 2.51. The molecule has 7 heteroatoms. The summed E-state index contributed by atoms with van der Waals surface area (Å²) >= 11 is 0. The number of aliphatic hydroxyl groups excluding tert-OH is 1. The van der Waals surface area contributed by atoms with Gasteiger partial charge >= 0.3 is 5.97 Å². The maximum atomic E-state index is 12.5. The van der Waals surface area contributed by atoms with E-state index in [9.17, 15) is 19.8 Å². The summed E-state index contributed by atoms with van der Waals surface area (Å²) in [5.41, 5.74) is -2.03. The molecular weight excluding hydrogens is 304 g/mol. The van der Waals surface area contributed by atoms with Gasteiger partial charge in [0.2, 0.25) is 5.79 Å². The first-order valence-electron chi connectivity index (χ1n) is 7.72. The molecule has 0 aromatic heterocycles. The highest BCUT2D eigenvalue weighted by Gasteiger charge is 2.63. The lowest BCUT2D eigenvalue weighted by Crippen LogP contribution is -2.60. The zero-order chi connectivity index (χ0) is 17.0. The van der Waals surface area contributed by atoms with Crippen molar-refractivity contribution in [3.8, 4) is 0 Å². The van der Waals surface area contributed by atoms with E-state index in [1.807, 2.05) is 0 Å². The third kappa shape index (κ3) is 2.52. The lowest BCUT2D eigenvalue weighted by Gasteiger charge is -2.49. The summed E-state index contributed by atoms with van der Waals surface area (Å²) in [6.07, 6.45) is -0.663. The number of carbonyl (C=O) groups excluding carboxylic acids is 2. The Morgan fingerprint density at radius 3 is 2.70 bits per heavy atom. The number of methoxy groups -OCH3 is 1. The molecule has 3 heterocycles. The van der Waals surface area contributed by atoms with Gasteiger partial charge in [-0.25, -0.2) is 4.79 Å². The minimum Gasteiger partial charge on any atom is -0.425 e. The summed E-state index contributed by atoms with van der Waals surface area (Å²) in [5.74, 6) is -2.48. The number of hydrogen-bond donors (Lipinski definition) is 2. The van der Waals surface area contributed by atoms with E-state index in [0.29, 0.717) is 0 Å². The molecule has 128 valence electrons. The van der Waals surface area contributed by atoms with Crippen molar-refractivity contribution in [1.29, 1.82) is 0 Å². The molecule has 2 fully saturated rings. The fourth-order valence-corrected chi connectivity index (χ4v) is 3.87. The van der Waals surface area contributed by atoms with E-state index < -0.39 is 29.1 Å². The van der Waals surface area contributed by atoms with Crippen LogP contribution in [-0.2, 0) is 23.8 Å². The third-order valence-corrected chi connectivity index (χ3v) is 4.93. The molecule has 1 spiro atoms. The van der Waals surface area contributed by atoms with Crippen LogP contribution in [0.3, 0.4) is 0 Å². The molecule has 3 aliphatic heterocycles. The van der Waals surface area contributed by atoms with Gasteiger partial charge < -0.3 is 24.4 Å². The van der Waals surface area contributed by atoms with Crippen LogP contribution in [0.5, 0.6) is 0 Å². The van der Waals surface area contributed by atoms with Gasteiger partial charge in [-0.15, -0.1) is 0 Å². The molecule has 7 nitrogen and oxygen atoms in total. The first kappa shape index (κ1) is 16.6. The van der Waals surface area contributed by atoms with Crippen LogP contribution in [0.4, 0.5) is 0 Å². The van der Waals surface area contributed by atoms with Gasteiger partial charge in [-0.1, -0.05) is 0 Å². The van der Waals surface area contributed by atoms with E-state index in [4.69, 9.17) is 14.2 Å². The summed E-state index contributed by atoms with van der Waals surface area (Å²) in [5, 5.41) is 21.2. The first-order chi connectivity index (χ1) is 10.6. The van der Waals surface area contributed by atoms with Gasteiger partial charge in [0.1, 0.15) is 5.60 Å². The van der Waals surface area contributed by atoms with E-state index >= 15 is 0 Å². The average Bonchev–Trinajstić information content (AvgIpc) is 2.67. The Morgan fingerprint density at radius 1 is 1.35 bits per heavy atom. The number of ether oxygens (including phenoxy) is 3. The van der Waals surface area contributed by atoms with Crippen LogP contribution >= 0.6 is 0 Å². The summed E-state index contributed by atoms with van der Waals surface area (Å²) in [6.45, 7) is 3.14. The normalized spacial score (nSPS) is 43.8. The van der Waals surface area contributed by atoms with Gasteiger partial charge in [0.05, 0.1) is 23.9 Å². The summed E-state index contributed by atoms with van der Waals surface area (Å²) in [7, 11) is 1.43. The fraction of sp³-hybridized carbons (Fsp3) is 0.750. The molecule has 0 aromatic carbocycles. The standard InChI is InChI=1S/C16H22O7/c1-14(20)5-4-11(18)15(2)6-10(17)12-9(7-21-3)13(19)22-16(12,8-14)23-15/h10,17,20H,4-8H2,1-3H3/t10-,14+,15-,16-/m1/s1. The molecule has 4 atom stereocenters. The van der Waals surface area contributed by atoms with Crippen molar-refractivity contribution in [2.24, 2.45) is 0 Å². The summed E-state index contributed by atoms with van der Waals surface area (Å²) < 4.78 is 16.4. The Bertz CT molecular complexity index is 593. The number of fused-ring (bicyclic) bond motifs is 1. The van der Waals surface area contributed by atoms with Crippen LogP contribution in [0.25, 0.3) is 0 Å². The van der Waals surface area contributed by atoms with Gasteiger partial charge in [-0.2, -0.15) is 0 Å². The monoisotopic (exact) mass is 326 g/mol. The van der Waals surface area contributed by atoms with Crippen LogP contribution in [-0.4, -0.2) is 58.8 Å². The zero-order valence-corrected chi connectivity index (χ0v) is 13.5. The second kappa shape index (κ2) is 5.11. The lowest BCUT2D eigenvalue weighted by atomic mass is 9.74. The van der Waals surface area contributed by atoms with E-state index in [1.165, 1.54) is 7.11 Å². The molecule has 0 radical (unpaired) electrons. The Kier molecular flexibility index (Phi) is 3.68. The van der Waals surface area contributed by atoms with Crippen molar-refractivity contribution < 1.29 is 34.0 Å². The number of rotatable bonds is 2. The van der Waals surface area contributed by atoms with Gasteiger partial charge in [0, 0.05) is 31.9 Å². The second-order valence-corrected chi connectivity index (χ2v) is 7.12. The largest absolute Gasteiger partial charge is 0.425 e. The topological polar surface area (TPSA) is 102 Å². The number of Topliss-reactive ketones (excluding diaryl/α,β-unsaturated/α-hetero) is 1. The Morgan fingerprint density at radius 2 is 2.04 bits per heavy atom. The summed E-state index contributed by atoms with van der Waals surface area (Å²) in [4.78, 5) is 24.7. The van der Waals surface area contributed by atoms with E-state index in [1.54, 1.807) is 13.8 Å². The average molecular weight is 326 g/mol. The fourth-order valence-electron chi connectivity index (χ4n) is 3.87. The maximum Gasteiger partial charge on any atom is 0.339 e. The molecule has 3 rings (SSSR count). The van der Waals surface area contributed by atoms with Gasteiger partial charge in [0.15, 0.2) is 5.78 Å². The smallest absolute Gasteiger partial charge is 0.339 e. The Labute approximate surface area is 134 Å². The molecule has 2 N–H and O–H groups in total. The highest BCUT2D eigenvalue weighted by atomic mass is 16.7. The van der Waals surface area contributed by atoms with Gasteiger partial charge in [-0.05, 0) is 20.3 Å².